The lowest BCUT2D eigenvalue weighted by Gasteiger charge is -2.35. The SMILES string of the molecule is CCOC(=O)[C@H](C)N(Cc1ccccc1)P(=O)(c1ccccc1)c1ccccc1. The number of esters is 1. The van der Waals surface area contributed by atoms with Crippen LogP contribution < -0.4 is 10.6 Å². The van der Waals surface area contributed by atoms with E-state index >= 15 is 0 Å². The zero-order valence-electron chi connectivity index (χ0n) is 16.8. The summed E-state index contributed by atoms with van der Waals surface area (Å²) in [6.45, 7) is 4.19. The Morgan fingerprint density at radius 3 is 1.76 bits per heavy atom. The van der Waals surface area contributed by atoms with Gasteiger partial charge in [0.2, 0.25) is 7.29 Å². The van der Waals surface area contributed by atoms with Crippen LogP contribution in [0.1, 0.15) is 19.4 Å². The molecule has 0 amide bonds. The highest BCUT2D eigenvalue weighted by molar-refractivity contribution is 7.76. The van der Waals surface area contributed by atoms with Gasteiger partial charge in [-0.05, 0) is 43.7 Å². The number of carbonyl (C=O) groups excluding carboxylic acids is 1. The highest BCUT2D eigenvalue weighted by Crippen LogP contribution is 2.49. The van der Waals surface area contributed by atoms with Crippen LogP contribution in [-0.2, 0) is 20.6 Å². The third-order valence-corrected chi connectivity index (χ3v) is 8.04. The van der Waals surface area contributed by atoms with Crippen LogP contribution in [0, 0.1) is 0 Å². The smallest absolute Gasteiger partial charge is 0.323 e. The van der Waals surface area contributed by atoms with Crippen molar-refractivity contribution in [3.8, 4) is 0 Å². The van der Waals surface area contributed by atoms with Crippen molar-refractivity contribution in [2.75, 3.05) is 6.61 Å². The van der Waals surface area contributed by atoms with Gasteiger partial charge < -0.3 is 4.74 Å². The fourth-order valence-electron chi connectivity index (χ4n) is 3.34. The Bertz CT molecular complexity index is 918. The average Bonchev–Trinajstić information content (AvgIpc) is 2.78. The first-order valence-electron chi connectivity index (χ1n) is 9.76. The van der Waals surface area contributed by atoms with E-state index < -0.39 is 13.3 Å². The summed E-state index contributed by atoms with van der Waals surface area (Å²) in [5.74, 6) is -0.379. The van der Waals surface area contributed by atoms with Gasteiger partial charge in [-0.25, -0.2) is 4.67 Å². The van der Waals surface area contributed by atoms with E-state index in [1.54, 1.807) is 18.5 Å². The molecule has 5 heteroatoms. The molecule has 0 aliphatic heterocycles. The van der Waals surface area contributed by atoms with Crippen molar-refractivity contribution in [2.45, 2.75) is 26.4 Å². The van der Waals surface area contributed by atoms with Crippen molar-refractivity contribution in [3.05, 3.63) is 96.6 Å². The van der Waals surface area contributed by atoms with Gasteiger partial charge in [-0.15, -0.1) is 0 Å². The van der Waals surface area contributed by atoms with Crippen LogP contribution in [0.15, 0.2) is 91.0 Å². The molecule has 150 valence electrons. The van der Waals surface area contributed by atoms with Gasteiger partial charge in [0.1, 0.15) is 6.04 Å². The van der Waals surface area contributed by atoms with E-state index in [1.165, 1.54) is 0 Å². The fourth-order valence-corrected chi connectivity index (χ4v) is 6.33. The summed E-state index contributed by atoms with van der Waals surface area (Å²) in [6.07, 6.45) is 0. The van der Waals surface area contributed by atoms with Gasteiger partial charge in [0.15, 0.2) is 0 Å². The second kappa shape index (κ2) is 9.69. The number of hydrogen-bond acceptors (Lipinski definition) is 3. The largest absolute Gasteiger partial charge is 0.465 e. The standard InChI is InChI=1S/C24H26NO3P/c1-3-28-24(26)20(2)25(19-21-13-7-4-8-14-21)29(27,22-15-9-5-10-16-22)23-17-11-6-12-18-23/h4-18,20H,3,19H2,1-2H3/t20-/m0/s1. The molecule has 3 aromatic rings. The first-order valence-corrected chi connectivity index (χ1v) is 11.4. The van der Waals surface area contributed by atoms with Crippen LogP contribution in [0.5, 0.6) is 0 Å². The zero-order chi connectivity index (χ0) is 20.7. The average molecular weight is 407 g/mol. The highest BCUT2D eigenvalue weighted by atomic mass is 31.2. The van der Waals surface area contributed by atoms with Crippen LogP contribution in [0.2, 0.25) is 0 Å². The molecule has 0 N–H and O–H groups in total. The molecule has 0 spiro atoms. The minimum absolute atomic E-state index is 0.281. The van der Waals surface area contributed by atoms with Gasteiger partial charge in [0.25, 0.3) is 0 Å². The Kier molecular flexibility index (Phi) is 7.03. The maximum atomic E-state index is 14.8. The summed E-state index contributed by atoms with van der Waals surface area (Å²) in [5, 5.41) is 1.39. The molecular formula is C24H26NO3P. The summed E-state index contributed by atoms with van der Waals surface area (Å²) >= 11 is 0. The van der Waals surface area contributed by atoms with Crippen LogP contribution in [-0.4, -0.2) is 23.3 Å². The topological polar surface area (TPSA) is 46.6 Å². The number of hydrogen-bond donors (Lipinski definition) is 0. The predicted molar refractivity (Wildman–Crippen MR) is 118 cm³/mol. The molecule has 0 fully saturated rings. The molecule has 0 bridgehead atoms. The van der Waals surface area contributed by atoms with Crippen LogP contribution >= 0.6 is 7.29 Å². The molecule has 0 radical (unpaired) electrons. The quantitative estimate of drug-likeness (QED) is 0.411. The van der Waals surface area contributed by atoms with E-state index in [-0.39, 0.29) is 12.6 Å². The van der Waals surface area contributed by atoms with Gasteiger partial charge in [0.05, 0.1) is 6.61 Å². The molecule has 0 aliphatic rings. The maximum absolute atomic E-state index is 14.8. The van der Waals surface area contributed by atoms with Gasteiger partial charge in [-0.3, -0.25) is 9.36 Å². The zero-order valence-corrected chi connectivity index (χ0v) is 17.7. The van der Waals surface area contributed by atoms with Gasteiger partial charge in [-0.1, -0.05) is 66.7 Å². The second-order valence-electron chi connectivity index (χ2n) is 6.76. The molecule has 4 nitrogen and oxygen atoms in total. The highest BCUT2D eigenvalue weighted by Gasteiger charge is 2.40. The van der Waals surface area contributed by atoms with Crippen molar-refractivity contribution < 1.29 is 14.1 Å². The van der Waals surface area contributed by atoms with Crippen molar-refractivity contribution >= 4 is 23.9 Å². The summed E-state index contributed by atoms with van der Waals surface area (Å²) in [5.41, 5.74) is 0.982. The Morgan fingerprint density at radius 1 is 0.862 bits per heavy atom. The van der Waals surface area contributed by atoms with Crippen LogP contribution in [0.3, 0.4) is 0 Å². The molecule has 1 atom stereocenters. The lowest BCUT2D eigenvalue weighted by molar-refractivity contribution is -0.147. The molecule has 0 aliphatic carbocycles. The molecule has 0 aromatic heterocycles. The third kappa shape index (κ3) is 4.67. The van der Waals surface area contributed by atoms with Crippen LogP contribution in [0.25, 0.3) is 0 Å². The number of carbonyl (C=O) groups is 1. The number of ether oxygens (including phenoxy) is 1. The summed E-state index contributed by atoms with van der Waals surface area (Å²) in [6, 6.07) is 27.9. The van der Waals surface area contributed by atoms with Gasteiger partial charge >= 0.3 is 5.97 Å². The van der Waals surface area contributed by atoms with Gasteiger partial charge in [-0.2, -0.15) is 0 Å². The first kappa shape index (κ1) is 21.0. The van der Waals surface area contributed by atoms with Crippen molar-refractivity contribution in [1.82, 2.24) is 4.67 Å². The monoisotopic (exact) mass is 407 g/mol. The molecule has 3 aromatic carbocycles. The van der Waals surface area contributed by atoms with Gasteiger partial charge in [0, 0.05) is 17.2 Å². The lowest BCUT2D eigenvalue weighted by Crippen LogP contribution is -2.42. The molecule has 0 saturated carbocycles. The Morgan fingerprint density at radius 2 is 1.31 bits per heavy atom. The number of benzene rings is 3. The normalized spacial score (nSPS) is 12.5. The van der Waals surface area contributed by atoms with E-state index in [2.05, 4.69) is 0 Å². The van der Waals surface area contributed by atoms with Crippen molar-refractivity contribution in [1.29, 1.82) is 0 Å². The minimum Gasteiger partial charge on any atom is -0.465 e. The Hall–Kier alpha value is -2.68. The van der Waals surface area contributed by atoms with E-state index in [0.29, 0.717) is 17.2 Å². The number of nitrogens with zero attached hydrogens (tertiary/aromatic N) is 1. The Labute approximate surface area is 172 Å². The minimum atomic E-state index is -3.30. The van der Waals surface area contributed by atoms with Crippen LogP contribution in [0.4, 0.5) is 0 Å². The summed E-state index contributed by atoms with van der Waals surface area (Å²) in [7, 11) is -3.30. The molecule has 0 heterocycles. The van der Waals surface area contributed by atoms with Crippen molar-refractivity contribution in [2.24, 2.45) is 0 Å². The van der Waals surface area contributed by atoms with Crippen molar-refractivity contribution in [3.63, 3.8) is 0 Å². The van der Waals surface area contributed by atoms with E-state index in [0.717, 1.165) is 5.56 Å². The molecule has 3 rings (SSSR count). The molecular weight excluding hydrogens is 381 g/mol. The molecule has 0 unspecified atom stereocenters. The fraction of sp³-hybridized carbons (Fsp3) is 0.208. The summed E-state index contributed by atoms with van der Waals surface area (Å²) < 4.78 is 21.9. The Balaban J connectivity index is 2.17. The van der Waals surface area contributed by atoms with E-state index in [4.69, 9.17) is 4.74 Å². The predicted octanol–water partition coefficient (Wildman–Crippen LogP) is 4.37. The first-order chi connectivity index (χ1) is 14.1. The number of rotatable bonds is 8. The third-order valence-electron chi connectivity index (χ3n) is 4.84. The van der Waals surface area contributed by atoms with E-state index in [9.17, 15) is 9.36 Å². The molecule has 29 heavy (non-hydrogen) atoms. The van der Waals surface area contributed by atoms with E-state index in [1.807, 2.05) is 91.0 Å². The molecule has 0 saturated heterocycles. The summed E-state index contributed by atoms with van der Waals surface area (Å²) in [4.78, 5) is 12.7. The lowest BCUT2D eigenvalue weighted by atomic mass is 10.2. The second-order valence-corrected chi connectivity index (χ2v) is 9.46. The maximum Gasteiger partial charge on any atom is 0.323 e.